The van der Waals surface area contributed by atoms with E-state index in [-0.39, 0.29) is 17.7 Å². The predicted molar refractivity (Wildman–Crippen MR) is 80.2 cm³/mol. The minimum absolute atomic E-state index is 0.0111. The molecular weight excluding hydrogens is 282 g/mol. The zero-order chi connectivity index (χ0) is 15.5. The molecule has 0 aliphatic carbocycles. The normalized spacial score (nSPS) is 21.4. The van der Waals surface area contributed by atoms with E-state index in [2.05, 4.69) is 5.10 Å². The Kier molecular flexibility index (Phi) is 4.27. The van der Waals surface area contributed by atoms with Crippen molar-refractivity contribution < 1.29 is 14.3 Å². The second-order valence-corrected chi connectivity index (χ2v) is 5.94. The highest BCUT2D eigenvalue weighted by molar-refractivity contribution is 5.97. The van der Waals surface area contributed by atoms with Crippen LogP contribution in [0.25, 0.3) is 0 Å². The van der Waals surface area contributed by atoms with Crippen molar-refractivity contribution in [2.24, 2.45) is 7.05 Å². The Balaban J connectivity index is 1.66. The minimum Gasteiger partial charge on any atom is -0.501 e. The molecule has 3 heterocycles. The molecule has 0 radical (unpaired) electrons. The van der Waals surface area contributed by atoms with Gasteiger partial charge in [-0.15, -0.1) is 0 Å². The standard InChI is InChI=1S/C16H21N3O3/c1-18-10-13(9-17-18)15(20)8-14-5-2-6-19(14)16(21)12-4-3-7-22-11-12/h9-11,14H,2-8H2,1H3/t14-/m0/s1. The van der Waals surface area contributed by atoms with Gasteiger partial charge in [0, 0.05) is 32.3 Å². The van der Waals surface area contributed by atoms with Crippen LogP contribution in [0.2, 0.25) is 0 Å². The molecule has 2 aliphatic heterocycles. The summed E-state index contributed by atoms with van der Waals surface area (Å²) in [5.74, 6) is 0.0767. The average molecular weight is 303 g/mol. The van der Waals surface area contributed by atoms with Gasteiger partial charge in [0.1, 0.15) is 0 Å². The van der Waals surface area contributed by atoms with Crippen molar-refractivity contribution in [1.29, 1.82) is 0 Å². The molecule has 0 aromatic carbocycles. The summed E-state index contributed by atoms with van der Waals surface area (Å²) in [4.78, 5) is 26.8. The van der Waals surface area contributed by atoms with E-state index in [0.717, 1.165) is 37.8 Å². The van der Waals surface area contributed by atoms with Crippen molar-refractivity contribution in [1.82, 2.24) is 14.7 Å². The van der Waals surface area contributed by atoms with Gasteiger partial charge in [-0.25, -0.2) is 0 Å². The van der Waals surface area contributed by atoms with Crippen molar-refractivity contribution in [2.45, 2.75) is 38.1 Å². The molecule has 0 bridgehead atoms. The van der Waals surface area contributed by atoms with Crippen LogP contribution in [0.1, 0.15) is 42.5 Å². The number of hydrogen-bond donors (Lipinski definition) is 0. The average Bonchev–Trinajstić information content (AvgIpc) is 3.16. The third-order valence-corrected chi connectivity index (χ3v) is 4.29. The van der Waals surface area contributed by atoms with Gasteiger partial charge in [0.25, 0.3) is 5.91 Å². The summed E-state index contributed by atoms with van der Waals surface area (Å²) in [6.45, 7) is 1.40. The number of carbonyl (C=O) groups is 2. The number of aromatic nitrogens is 2. The molecule has 1 fully saturated rings. The van der Waals surface area contributed by atoms with Gasteiger partial charge in [0.15, 0.2) is 5.78 Å². The van der Waals surface area contributed by atoms with E-state index in [1.807, 2.05) is 4.90 Å². The largest absolute Gasteiger partial charge is 0.501 e. The Morgan fingerprint density at radius 2 is 2.27 bits per heavy atom. The van der Waals surface area contributed by atoms with E-state index in [4.69, 9.17) is 4.74 Å². The lowest BCUT2D eigenvalue weighted by atomic mass is 10.0. The van der Waals surface area contributed by atoms with Crippen LogP contribution < -0.4 is 0 Å². The van der Waals surface area contributed by atoms with Crippen molar-refractivity contribution >= 4 is 11.7 Å². The lowest BCUT2D eigenvalue weighted by Gasteiger charge is -2.26. The first-order chi connectivity index (χ1) is 10.6. The van der Waals surface area contributed by atoms with Crippen molar-refractivity contribution in [3.05, 3.63) is 29.8 Å². The van der Waals surface area contributed by atoms with Gasteiger partial charge in [-0.05, 0) is 25.7 Å². The number of hydrogen-bond acceptors (Lipinski definition) is 4. The molecule has 22 heavy (non-hydrogen) atoms. The number of Topliss-reactive ketones (excluding diaryl/α,β-unsaturated/α-hetero) is 1. The van der Waals surface area contributed by atoms with Crippen LogP contribution in [-0.4, -0.2) is 45.6 Å². The van der Waals surface area contributed by atoms with Gasteiger partial charge in [-0.1, -0.05) is 0 Å². The van der Waals surface area contributed by atoms with E-state index >= 15 is 0 Å². The van der Waals surface area contributed by atoms with Gasteiger partial charge in [-0.2, -0.15) is 5.10 Å². The van der Waals surface area contributed by atoms with Crippen LogP contribution in [0.5, 0.6) is 0 Å². The molecule has 3 rings (SSSR count). The molecule has 1 amide bonds. The monoisotopic (exact) mass is 303 g/mol. The Labute approximate surface area is 129 Å². The SMILES string of the molecule is Cn1cc(C(=O)C[C@@H]2CCCN2C(=O)C2=COCCC2)cn1. The molecule has 1 saturated heterocycles. The number of aryl methyl sites for hydroxylation is 1. The van der Waals surface area contributed by atoms with Crippen molar-refractivity contribution in [3.63, 3.8) is 0 Å². The summed E-state index contributed by atoms with van der Waals surface area (Å²) in [6.07, 6.45) is 8.73. The third-order valence-electron chi connectivity index (χ3n) is 4.29. The molecule has 1 aromatic rings. The summed E-state index contributed by atoms with van der Waals surface area (Å²) in [6, 6.07) is -0.0111. The van der Waals surface area contributed by atoms with Crippen LogP contribution >= 0.6 is 0 Å². The lowest BCUT2D eigenvalue weighted by molar-refractivity contribution is -0.128. The number of amides is 1. The highest BCUT2D eigenvalue weighted by atomic mass is 16.5. The summed E-state index contributed by atoms with van der Waals surface area (Å²) in [5, 5.41) is 4.03. The Hall–Kier alpha value is -2.11. The Bertz CT molecular complexity index is 606. The van der Waals surface area contributed by atoms with E-state index in [0.29, 0.717) is 18.6 Å². The summed E-state index contributed by atoms with van der Waals surface area (Å²) >= 11 is 0. The maximum atomic E-state index is 12.6. The van der Waals surface area contributed by atoms with E-state index < -0.39 is 0 Å². The smallest absolute Gasteiger partial charge is 0.253 e. The van der Waals surface area contributed by atoms with Crippen molar-refractivity contribution in [2.75, 3.05) is 13.2 Å². The van der Waals surface area contributed by atoms with Crippen LogP contribution in [0.4, 0.5) is 0 Å². The van der Waals surface area contributed by atoms with Gasteiger partial charge in [-0.3, -0.25) is 14.3 Å². The third kappa shape index (κ3) is 3.05. The first kappa shape index (κ1) is 14.8. The van der Waals surface area contributed by atoms with E-state index in [1.165, 1.54) is 0 Å². The fraction of sp³-hybridized carbons (Fsp3) is 0.562. The topological polar surface area (TPSA) is 64.4 Å². The van der Waals surface area contributed by atoms with Crippen LogP contribution in [0.15, 0.2) is 24.2 Å². The highest BCUT2D eigenvalue weighted by Gasteiger charge is 2.32. The lowest BCUT2D eigenvalue weighted by Crippen LogP contribution is -2.38. The molecule has 1 atom stereocenters. The fourth-order valence-corrected chi connectivity index (χ4v) is 3.12. The zero-order valence-corrected chi connectivity index (χ0v) is 12.8. The van der Waals surface area contributed by atoms with Crippen LogP contribution in [0, 0.1) is 0 Å². The first-order valence-corrected chi connectivity index (χ1v) is 7.78. The van der Waals surface area contributed by atoms with E-state index in [1.54, 1.807) is 30.4 Å². The highest BCUT2D eigenvalue weighted by Crippen LogP contribution is 2.25. The maximum absolute atomic E-state index is 12.6. The van der Waals surface area contributed by atoms with Gasteiger partial charge < -0.3 is 9.64 Å². The quantitative estimate of drug-likeness (QED) is 0.794. The summed E-state index contributed by atoms with van der Waals surface area (Å²) in [5.41, 5.74) is 1.34. The number of carbonyl (C=O) groups excluding carboxylic acids is 2. The van der Waals surface area contributed by atoms with Gasteiger partial charge >= 0.3 is 0 Å². The molecule has 0 spiro atoms. The number of rotatable bonds is 4. The van der Waals surface area contributed by atoms with E-state index in [9.17, 15) is 9.59 Å². The molecule has 0 unspecified atom stereocenters. The maximum Gasteiger partial charge on any atom is 0.253 e. The van der Waals surface area contributed by atoms with Crippen LogP contribution in [-0.2, 0) is 16.6 Å². The second-order valence-electron chi connectivity index (χ2n) is 5.94. The molecule has 1 aromatic heterocycles. The number of likely N-dealkylation sites (tertiary alicyclic amines) is 1. The zero-order valence-electron chi connectivity index (χ0n) is 12.8. The molecular formula is C16H21N3O3. The molecule has 118 valence electrons. The van der Waals surface area contributed by atoms with Gasteiger partial charge in [0.2, 0.25) is 0 Å². The Morgan fingerprint density at radius 1 is 1.41 bits per heavy atom. The molecule has 6 nitrogen and oxygen atoms in total. The molecule has 6 heteroatoms. The predicted octanol–water partition coefficient (Wildman–Crippen LogP) is 1.68. The van der Waals surface area contributed by atoms with Crippen LogP contribution in [0.3, 0.4) is 0 Å². The number of ether oxygens (including phenoxy) is 1. The fourth-order valence-electron chi connectivity index (χ4n) is 3.12. The van der Waals surface area contributed by atoms with Crippen molar-refractivity contribution in [3.8, 4) is 0 Å². The molecule has 0 saturated carbocycles. The number of ketones is 1. The van der Waals surface area contributed by atoms with Gasteiger partial charge in [0.05, 0.1) is 30.2 Å². The second kappa shape index (κ2) is 6.34. The Morgan fingerprint density at radius 3 is 2.95 bits per heavy atom. The number of nitrogens with zero attached hydrogens (tertiary/aromatic N) is 3. The summed E-state index contributed by atoms with van der Waals surface area (Å²) < 4.78 is 6.88. The summed E-state index contributed by atoms with van der Waals surface area (Å²) in [7, 11) is 1.79. The minimum atomic E-state index is -0.0111. The molecule has 0 N–H and O–H groups in total. The first-order valence-electron chi connectivity index (χ1n) is 7.78. The molecule has 2 aliphatic rings.